The molecule has 1 aromatic rings. The van der Waals surface area contributed by atoms with Crippen LogP contribution in [0.3, 0.4) is 0 Å². The van der Waals surface area contributed by atoms with Gasteiger partial charge in [-0.15, -0.1) is 0 Å². The number of hydrogen-bond donors (Lipinski definition) is 2. The maximum absolute atomic E-state index is 8.78. The van der Waals surface area contributed by atoms with Gasteiger partial charge in [0.25, 0.3) is 0 Å². The number of hydrogen-bond acceptors (Lipinski definition) is 4. The molecule has 0 fully saturated rings. The van der Waals surface area contributed by atoms with E-state index in [1.807, 2.05) is 30.3 Å². The second kappa shape index (κ2) is 5.01. The van der Waals surface area contributed by atoms with Gasteiger partial charge in [0.2, 0.25) is 0 Å². The van der Waals surface area contributed by atoms with E-state index in [4.69, 9.17) is 10.4 Å². The van der Waals surface area contributed by atoms with Crippen molar-refractivity contribution in [3.05, 3.63) is 35.9 Å². The second-order valence-corrected chi connectivity index (χ2v) is 2.92. The van der Waals surface area contributed by atoms with Gasteiger partial charge in [-0.2, -0.15) is 0 Å². The Morgan fingerprint density at radius 1 is 1.14 bits per heavy atom. The van der Waals surface area contributed by atoms with Crippen molar-refractivity contribution in [1.82, 2.24) is 0 Å². The lowest BCUT2D eigenvalue weighted by atomic mass is 10.1. The molecule has 0 heterocycles. The maximum Gasteiger partial charge on any atom is 0.0924 e. The third-order valence-electron chi connectivity index (χ3n) is 1.82. The van der Waals surface area contributed by atoms with Crippen molar-refractivity contribution in [2.75, 3.05) is 0 Å². The number of oxime groups is 2. The molecule has 0 unspecified atom stereocenters. The Morgan fingerprint density at radius 3 is 2.29 bits per heavy atom. The maximum atomic E-state index is 8.78. The summed E-state index contributed by atoms with van der Waals surface area (Å²) < 4.78 is 0. The van der Waals surface area contributed by atoms with E-state index in [1.54, 1.807) is 6.92 Å². The first-order valence-electron chi connectivity index (χ1n) is 4.22. The fourth-order valence-electron chi connectivity index (χ4n) is 1.10. The first-order chi connectivity index (χ1) is 6.77. The monoisotopic (exact) mass is 192 g/mol. The lowest BCUT2D eigenvalue weighted by Crippen LogP contribution is -2.06. The van der Waals surface area contributed by atoms with Gasteiger partial charge < -0.3 is 10.4 Å². The molecule has 4 nitrogen and oxygen atoms in total. The van der Waals surface area contributed by atoms with Crippen molar-refractivity contribution < 1.29 is 10.4 Å². The molecule has 14 heavy (non-hydrogen) atoms. The molecule has 0 saturated carbocycles. The van der Waals surface area contributed by atoms with Crippen LogP contribution in [0.25, 0.3) is 0 Å². The molecule has 0 bridgehead atoms. The molecule has 74 valence electrons. The SMILES string of the molecule is C/C(C/C(=N/O)c1ccccc1)=N\O. The fourth-order valence-corrected chi connectivity index (χ4v) is 1.10. The van der Waals surface area contributed by atoms with Crippen LogP contribution in [-0.2, 0) is 0 Å². The summed E-state index contributed by atoms with van der Waals surface area (Å²) in [7, 11) is 0. The van der Waals surface area contributed by atoms with E-state index in [-0.39, 0.29) is 0 Å². The number of nitrogens with zero attached hydrogens (tertiary/aromatic N) is 2. The average Bonchev–Trinajstić information content (AvgIpc) is 2.26. The molecule has 0 saturated heterocycles. The summed E-state index contributed by atoms with van der Waals surface area (Å²) >= 11 is 0. The molecular weight excluding hydrogens is 180 g/mol. The molecule has 0 spiro atoms. The van der Waals surface area contributed by atoms with E-state index in [9.17, 15) is 0 Å². The van der Waals surface area contributed by atoms with Crippen molar-refractivity contribution in [2.45, 2.75) is 13.3 Å². The molecule has 0 amide bonds. The Bertz CT molecular complexity index is 344. The smallest absolute Gasteiger partial charge is 0.0924 e. The lowest BCUT2D eigenvalue weighted by molar-refractivity contribution is 0.315. The Labute approximate surface area is 82.2 Å². The van der Waals surface area contributed by atoms with E-state index >= 15 is 0 Å². The third-order valence-corrected chi connectivity index (χ3v) is 1.82. The van der Waals surface area contributed by atoms with Gasteiger partial charge in [0.1, 0.15) is 0 Å². The van der Waals surface area contributed by atoms with E-state index in [0.717, 1.165) is 5.56 Å². The number of rotatable bonds is 3. The summed E-state index contributed by atoms with van der Waals surface area (Å²) in [6, 6.07) is 9.25. The van der Waals surface area contributed by atoms with Crippen LogP contribution in [0.1, 0.15) is 18.9 Å². The van der Waals surface area contributed by atoms with Crippen LogP contribution in [0.5, 0.6) is 0 Å². The summed E-state index contributed by atoms with van der Waals surface area (Å²) in [6.07, 6.45) is 0.330. The average molecular weight is 192 g/mol. The van der Waals surface area contributed by atoms with E-state index in [2.05, 4.69) is 10.3 Å². The minimum absolute atomic E-state index is 0.330. The standard InChI is InChI=1S/C10H12N2O2/c1-8(11-13)7-10(12-14)9-5-3-2-4-6-9/h2-6,13-14H,7H2,1H3/b11-8+,12-10-. The van der Waals surface area contributed by atoms with Gasteiger partial charge in [-0.05, 0) is 12.5 Å². The predicted octanol–water partition coefficient (Wildman–Crippen LogP) is 2.11. The van der Waals surface area contributed by atoms with Gasteiger partial charge in [-0.3, -0.25) is 0 Å². The quantitative estimate of drug-likeness (QED) is 0.437. The molecule has 0 atom stereocenters. The molecule has 0 radical (unpaired) electrons. The van der Waals surface area contributed by atoms with E-state index < -0.39 is 0 Å². The third kappa shape index (κ3) is 2.58. The Kier molecular flexibility index (Phi) is 3.67. The predicted molar refractivity (Wildman–Crippen MR) is 54.3 cm³/mol. The summed E-state index contributed by atoms with van der Waals surface area (Å²) in [5, 5.41) is 23.4. The minimum atomic E-state index is 0.330. The van der Waals surface area contributed by atoms with Crippen molar-refractivity contribution in [1.29, 1.82) is 0 Å². The van der Waals surface area contributed by atoms with E-state index in [0.29, 0.717) is 17.8 Å². The van der Waals surface area contributed by atoms with Crippen LogP contribution >= 0.6 is 0 Å². The zero-order chi connectivity index (χ0) is 10.4. The van der Waals surface area contributed by atoms with Gasteiger partial charge in [-0.25, -0.2) is 0 Å². The van der Waals surface area contributed by atoms with Gasteiger partial charge in [0.15, 0.2) is 0 Å². The van der Waals surface area contributed by atoms with Crippen LogP contribution in [0.15, 0.2) is 40.6 Å². The molecule has 1 aromatic carbocycles. The summed E-state index contributed by atoms with van der Waals surface area (Å²) in [4.78, 5) is 0. The second-order valence-electron chi connectivity index (χ2n) is 2.92. The summed E-state index contributed by atoms with van der Waals surface area (Å²) in [5.41, 5.74) is 1.81. The zero-order valence-corrected chi connectivity index (χ0v) is 7.88. The zero-order valence-electron chi connectivity index (χ0n) is 7.88. The molecular formula is C10H12N2O2. The first kappa shape index (κ1) is 10.2. The summed E-state index contributed by atoms with van der Waals surface area (Å²) in [6.45, 7) is 1.66. The van der Waals surface area contributed by atoms with E-state index in [1.165, 1.54) is 0 Å². The normalized spacial score (nSPS) is 12.9. The molecule has 4 heteroatoms. The van der Waals surface area contributed by atoms with Gasteiger partial charge in [-0.1, -0.05) is 40.6 Å². The number of benzene rings is 1. The fraction of sp³-hybridized carbons (Fsp3) is 0.200. The Morgan fingerprint density at radius 2 is 1.79 bits per heavy atom. The van der Waals surface area contributed by atoms with Crippen LogP contribution in [0, 0.1) is 0 Å². The highest BCUT2D eigenvalue weighted by atomic mass is 16.4. The van der Waals surface area contributed by atoms with Crippen molar-refractivity contribution in [3.8, 4) is 0 Å². The highest BCUT2D eigenvalue weighted by molar-refractivity contribution is 6.11. The highest BCUT2D eigenvalue weighted by Gasteiger charge is 2.05. The minimum Gasteiger partial charge on any atom is -0.411 e. The molecule has 0 aliphatic heterocycles. The molecule has 0 aromatic heterocycles. The van der Waals surface area contributed by atoms with Crippen LogP contribution in [-0.4, -0.2) is 21.8 Å². The first-order valence-corrected chi connectivity index (χ1v) is 4.22. The summed E-state index contributed by atoms with van der Waals surface area (Å²) in [5.74, 6) is 0. The largest absolute Gasteiger partial charge is 0.411 e. The van der Waals surface area contributed by atoms with Crippen molar-refractivity contribution in [2.24, 2.45) is 10.3 Å². The Balaban J connectivity index is 2.85. The van der Waals surface area contributed by atoms with Crippen LogP contribution in [0.2, 0.25) is 0 Å². The molecule has 1 rings (SSSR count). The topological polar surface area (TPSA) is 65.2 Å². The Hall–Kier alpha value is -1.84. The van der Waals surface area contributed by atoms with Crippen molar-refractivity contribution >= 4 is 11.4 Å². The van der Waals surface area contributed by atoms with Crippen molar-refractivity contribution in [3.63, 3.8) is 0 Å². The van der Waals surface area contributed by atoms with Crippen LogP contribution < -0.4 is 0 Å². The highest BCUT2D eigenvalue weighted by Crippen LogP contribution is 2.05. The van der Waals surface area contributed by atoms with Crippen LogP contribution in [0.4, 0.5) is 0 Å². The van der Waals surface area contributed by atoms with Gasteiger partial charge in [0.05, 0.1) is 11.4 Å². The molecule has 0 aliphatic carbocycles. The molecule has 0 aliphatic rings. The van der Waals surface area contributed by atoms with Gasteiger partial charge >= 0.3 is 0 Å². The molecule has 2 N–H and O–H groups in total. The lowest BCUT2D eigenvalue weighted by Gasteiger charge is -2.02. The van der Waals surface area contributed by atoms with Gasteiger partial charge in [0, 0.05) is 6.42 Å².